The monoisotopic (exact) mass is 253 g/mol. The summed E-state index contributed by atoms with van der Waals surface area (Å²) in [6.07, 6.45) is 0. The van der Waals surface area contributed by atoms with Gasteiger partial charge in [0.25, 0.3) is 0 Å². The van der Waals surface area contributed by atoms with Gasteiger partial charge in [0.1, 0.15) is 12.4 Å². The van der Waals surface area contributed by atoms with Crippen LogP contribution in [0, 0.1) is 0 Å². The van der Waals surface area contributed by atoms with E-state index < -0.39 is 5.97 Å². The van der Waals surface area contributed by atoms with E-state index in [-0.39, 0.29) is 5.56 Å². The van der Waals surface area contributed by atoms with Crippen molar-refractivity contribution in [2.75, 3.05) is 40.5 Å². The van der Waals surface area contributed by atoms with Crippen LogP contribution in [0.5, 0.6) is 5.75 Å². The van der Waals surface area contributed by atoms with Gasteiger partial charge in [-0.2, -0.15) is 0 Å². The first-order chi connectivity index (χ1) is 8.63. The number of carbonyl (C=O) groups is 1. The highest BCUT2D eigenvalue weighted by atomic mass is 16.5. The van der Waals surface area contributed by atoms with Gasteiger partial charge in [0.05, 0.1) is 12.2 Å². The molecule has 100 valence electrons. The van der Waals surface area contributed by atoms with E-state index in [1.807, 2.05) is 7.05 Å². The molecule has 1 aromatic rings. The lowest BCUT2D eigenvalue weighted by atomic mass is 10.2. The molecule has 0 atom stereocenters. The van der Waals surface area contributed by atoms with Gasteiger partial charge in [-0.05, 0) is 25.2 Å². The minimum absolute atomic E-state index is 0.236. The Morgan fingerprint density at radius 1 is 1.33 bits per heavy atom. The van der Waals surface area contributed by atoms with Crippen molar-refractivity contribution in [2.24, 2.45) is 0 Å². The molecule has 1 N–H and O–H groups in total. The quantitative estimate of drug-likeness (QED) is 0.757. The first-order valence-electron chi connectivity index (χ1n) is 5.77. The molecule has 0 amide bonds. The molecule has 5 heteroatoms. The summed E-state index contributed by atoms with van der Waals surface area (Å²) in [5.74, 6) is -0.368. The first-order valence-corrected chi connectivity index (χ1v) is 5.77. The van der Waals surface area contributed by atoms with E-state index in [0.717, 1.165) is 13.1 Å². The Kier molecular flexibility index (Phi) is 6.18. The second-order valence-corrected chi connectivity index (χ2v) is 3.98. The Morgan fingerprint density at radius 2 is 2.06 bits per heavy atom. The molecular weight excluding hydrogens is 234 g/mol. The van der Waals surface area contributed by atoms with E-state index in [9.17, 15) is 4.79 Å². The SMILES string of the molecule is COCCN(C)CCOc1cccc(C(=O)O)c1. The molecule has 0 bridgehead atoms. The third kappa shape index (κ3) is 5.16. The second kappa shape index (κ2) is 7.68. The van der Waals surface area contributed by atoms with E-state index in [2.05, 4.69) is 4.90 Å². The number of benzene rings is 1. The van der Waals surface area contributed by atoms with E-state index in [1.54, 1.807) is 25.3 Å². The summed E-state index contributed by atoms with van der Waals surface area (Å²) in [5.41, 5.74) is 0.236. The molecule has 0 unspecified atom stereocenters. The number of carboxylic acids is 1. The van der Waals surface area contributed by atoms with E-state index in [0.29, 0.717) is 19.0 Å². The molecule has 5 nitrogen and oxygen atoms in total. The number of ether oxygens (including phenoxy) is 2. The van der Waals surface area contributed by atoms with Crippen LogP contribution in [0.25, 0.3) is 0 Å². The first kappa shape index (κ1) is 14.5. The van der Waals surface area contributed by atoms with Crippen LogP contribution in [0.3, 0.4) is 0 Å². The normalized spacial score (nSPS) is 10.6. The van der Waals surface area contributed by atoms with Gasteiger partial charge < -0.3 is 19.5 Å². The van der Waals surface area contributed by atoms with Crippen molar-refractivity contribution in [3.05, 3.63) is 29.8 Å². The van der Waals surface area contributed by atoms with Crippen molar-refractivity contribution < 1.29 is 19.4 Å². The van der Waals surface area contributed by atoms with E-state index in [4.69, 9.17) is 14.6 Å². The Bertz CT molecular complexity index is 381. The molecule has 1 rings (SSSR count). The van der Waals surface area contributed by atoms with Crippen LogP contribution in [-0.2, 0) is 4.74 Å². The Morgan fingerprint density at radius 3 is 2.72 bits per heavy atom. The fourth-order valence-corrected chi connectivity index (χ4v) is 1.40. The van der Waals surface area contributed by atoms with Crippen molar-refractivity contribution in [3.8, 4) is 5.75 Å². The molecular formula is C13H19NO4. The van der Waals surface area contributed by atoms with Gasteiger partial charge in [-0.25, -0.2) is 4.79 Å². The lowest BCUT2D eigenvalue weighted by Crippen LogP contribution is -2.27. The zero-order chi connectivity index (χ0) is 13.4. The molecule has 1 aromatic carbocycles. The Balaban J connectivity index is 2.35. The summed E-state index contributed by atoms with van der Waals surface area (Å²) in [7, 11) is 3.65. The second-order valence-electron chi connectivity index (χ2n) is 3.98. The predicted octanol–water partition coefficient (Wildman–Crippen LogP) is 1.34. The lowest BCUT2D eigenvalue weighted by molar-refractivity contribution is 0.0696. The Labute approximate surface area is 107 Å². The smallest absolute Gasteiger partial charge is 0.335 e. The number of carboxylic acid groups (broad SMARTS) is 1. The average Bonchev–Trinajstić information content (AvgIpc) is 2.36. The standard InChI is InChI=1S/C13H19NO4/c1-14(6-8-17-2)7-9-18-12-5-3-4-11(10-12)13(15)16/h3-5,10H,6-9H2,1-2H3,(H,15,16). The van der Waals surface area contributed by atoms with Crippen molar-refractivity contribution in [1.82, 2.24) is 4.90 Å². The summed E-state index contributed by atoms with van der Waals surface area (Å²) in [6, 6.07) is 6.49. The fraction of sp³-hybridized carbons (Fsp3) is 0.462. The molecule has 0 fully saturated rings. The van der Waals surface area contributed by atoms with Crippen LogP contribution in [-0.4, -0.2) is 56.4 Å². The van der Waals surface area contributed by atoms with Gasteiger partial charge in [-0.1, -0.05) is 6.07 Å². The third-order valence-corrected chi connectivity index (χ3v) is 2.50. The van der Waals surface area contributed by atoms with Crippen molar-refractivity contribution >= 4 is 5.97 Å². The molecule has 0 aliphatic carbocycles. The molecule has 0 heterocycles. The molecule has 0 saturated heterocycles. The third-order valence-electron chi connectivity index (χ3n) is 2.50. The summed E-state index contributed by atoms with van der Waals surface area (Å²) >= 11 is 0. The van der Waals surface area contributed by atoms with Crippen LogP contribution in [0.2, 0.25) is 0 Å². The molecule has 0 saturated carbocycles. The molecule has 0 aliphatic heterocycles. The zero-order valence-electron chi connectivity index (χ0n) is 10.8. The maximum Gasteiger partial charge on any atom is 0.335 e. The number of hydrogen-bond donors (Lipinski definition) is 1. The molecule has 0 spiro atoms. The Hall–Kier alpha value is -1.59. The largest absolute Gasteiger partial charge is 0.492 e. The maximum atomic E-state index is 10.8. The van der Waals surface area contributed by atoms with Crippen LogP contribution in [0.15, 0.2) is 24.3 Å². The molecule has 18 heavy (non-hydrogen) atoms. The number of hydrogen-bond acceptors (Lipinski definition) is 4. The lowest BCUT2D eigenvalue weighted by Gasteiger charge is -2.16. The zero-order valence-corrected chi connectivity index (χ0v) is 10.8. The summed E-state index contributed by atoms with van der Waals surface area (Å²) in [4.78, 5) is 12.9. The highest BCUT2D eigenvalue weighted by molar-refractivity contribution is 5.87. The van der Waals surface area contributed by atoms with E-state index in [1.165, 1.54) is 6.07 Å². The molecule has 0 aromatic heterocycles. The van der Waals surface area contributed by atoms with Crippen molar-refractivity contribution in [3.63, 3.8) is 0 Å². The van der Waals surface area contributed by atoms with Crippen LogP contribution >= 0.6 is 0 Å². The van der Waals surface area contributed by atoms with Crippen LogP contribution < -0.4 is 4.74 Å². The highest BCUT2D eigenvalue weighted by Crippen LogP contribution is 2.13. The minimum atomic E-state index is -0.947. The van der Waals surface area contributed by atoms with Gasteiger partial charge in [-0.15, -0.1) is 0 Å². The summed E-state index contributed by atoms with van der Waals surface area (Å²) in [5, 5.41) is 8.84. The average molecular weight is 253 g/mol. The number of methoxy groups -OCH3 is 1. The van der Waals surface area contributed by atoms with Gasteiger partial charge in [0.2, 0.25) is 0 Å². The van der Waals surface area contributed by atoms with Gasteiger partial charge in [-0.3, -0.25) is 0 Å². The van der Waals surface area contributed by atoms with Gasteiger partial charge in [0.15, 0.2) is 0 Å². The van der Waals surface area contributed by atoms with Crippen molar-refractivity contribution in [2.45, 2.75) is 0 Å². The van der Waals surface area contributed by atoms with Crippen LogP contribution in [0.4, 0.5) is 0 Å². The van der Waals surface area contributed by atoms with Crippen molar-refractivity contribution in [1.29, 1.82) is 0 Å². The number of aromatic carboxylic acids is 1. The number of rotatable bonds is 8. The minimum Gasteiger partial charge on any atom is -0.492 e. The maximum absolute atomic E-state index is 10.8. The van der Waals surface area contributed by atoms with Gasteiger partial charge in [0, 0.05) is 20.2 Å². The molecule has 0 aliphatic rings. The topological polar surface area (TPSA) is 59.0 Å². The van der Waals surface area contributed by atoms with Crippen LogP contribution in [0.1, 0.15) is 10.4 Å². The summed E-state index contributed by atoms with van der Waals surface area (Å²) < 4.78 is 10.5. The fourth-order valence-electron chi connectivity index (χ4n) is 1.40. The van der Waals surface area contributed by atoms with Gasteiger partial charge >= 0.3 is 5.97 Å². The number of likely N-dealkylation sites (N-methyl/N-ethyl adjacent to an activating group) is 1. The predicted molar refractivity (Wildman–Crippen MR) is 68.3 cm³/mol. The summed E-state index contributed by atoms with van der Waals surface area (Å²) in [6.45, 7) is 2.81. The molecule has 0 radical (unpaired) electrons. The highest BCUT2D eigenvalue weighted by Gasteiger charge is 2.04. The number of nitrogens with zero attached hydrogens (tertiary/aromatic N) is 1. The van der Waals surface area contributed by atoms with E-state index >= 15 is 0 Å².